The maximum absolute atomic E-state index is 12.2. The molecule has 1 aromatic heterocycles. The number of nitrogens with zero attached hydrogens (tertiary/aromatic N) is 1. The minimum atomic E-state index is -4.38. The molecule has 0 N–H and O–H groups in total. The van der Waals surface area contributed by atoms with Crippen LogP contribution in [0.4, 0.5) is 13.2 Å². The molecular weight excluding hydrogens is 291 g/mol. The number of aromatic nitrogens is 1. The van der Waals surface area contributed by atoms with Crippen molar-refractivity contribution in [1.82, 2.24) is 4.98 Å². The summed E-state index contributed by atoms with van der Waals surface area (Å²) in [4.78, 5) is 4.17. The van der Waals surface area contributed by atoms with E-state index in [4.69, 9.17) is 16.3 Å². The van der Waals surface area contributed by atoms with Gasteiger partial charge in [0.15, 0.2) is 6.61 Å². The number of alkyl halides is 3. The van der Waals surface area contributed by atoms with Gasteiger partial charge in [-0.3, -0.25) is 0 Å². The second kappa shape index (κ2) is 5.87. The van der Waals surface area contributed by atoms with Gasteiger partial charge in [-0.15, -0.1) is 0 Å². The SMILES string of the molecule is CCCc1cc2cccc(OCC(F)(F)F)c2nc1Cl. The Morgan fingerprint density at radius 3 is 2.70 bits per heavy atom. The molecule has 0 amide bonds. The lowest BCUT2D eigenvalue weighted by atomic mass is 10.1. The monoisotopic (exact) mass is 303 g/mol. The zero-order valence-electron chi connectivity index (χ0n) is 10.8. The fraction of sp³-hybridized carbons (Fsp3) is 0.357. The third-order valence-corrected chi connectivity index (χ3v) is 3.07. The molecule has 2 nitrogen and oxygen atoms in total. The van der Waals surface area contributed by atoms with Crippen LogP contribution in [0.25, 0.3) is 10.9 Å². The van der Waals surface area contributed by atoms with Crippen LogP contribution in [0.5, 0.6) is 5.75 Å². The van der Waals surface area contributed by atoms with Gasteiger partial charge in [0, 0.05) is 5.39 Å². The Morgan fingerprint density at radius 1 is 1.30 bits per heavy atom. The summed E-state index contributed by atoms with van der Waals surface area (Å²) in [5.41, 5.74) is 1.23. The molecule has 1 heterocycles. The Hall–Kier alpha value is -1.49. The van der Waals surface area contributed by atoms with Crippen molar-refractivity contribution >= 4 is 22.5 Å². The number of halogens is 4. The highest BCUT2D eigenvalue weighted by atomic mass is 35.5. The van der Waals surface area contributed by atoms with E-state index in [-0.39, 0.29) is 5.75 Å². The molecule has 0 saturated heterocycles. The Bertz CT molecular complexity index is 613. The van der Waals surface area contributed by atoms with Crippen LogP contribution in [0.15, 0.2) is 24.3 Å². The zero-order chi connectivity index (χ0) is 14.8. The minimum Gasteiger partial charge on any atom is -0.482 e. The van der Waals surface area contributed by atoms with Crippen molar-refractivity contribution in [2.24, 2.45) is 0 Å². The number of pyridine rings is 1. The van der Waals surface area contributed by atoms with Crippen molar-refractivity contribution in [3.63, 3.8) is 0 Å². The molecule has 20 heavy (non-hydrogen) atoms. The third-order valence-electron chi connectivity index (χ3n) is 2.75. The highest BCUT2D eigenvalue weighted by Crippen LogP contribution is 2.29. The Morgan fingerprint density at radius 2 is 2.05 bits per heavy atom. The van der Waals surface area contributed by atoms with Crippen LogP contribution in [0.3, 0.4) is 0 Å². The second-order valence-electron chi connectivity index (χ2n) is 4.42. The minimum absolute atomic E-state index is 0.0878. The van der Waals surface area contributed by atoms with Gasteiger partial charge in [0.1, 0.15) is 16.4 Å². The second-order valence-corrected chi connectivity index (χ2v) is 4.78. The maximum Gasteiger partial charge on any atom is 0.422 e. The summed E-state index contributed by atoms with van der Waals surface area (Å²) in [5, 5.41) is 1.03. The molecule has 0 atom stereocenters. The van der Waals surface area contributed by atoms with Crippen LogP contribution in [-0.2, 0) is 6.42 Å². The Balaban J connectivity index is 2.39. The van der Waals surface area contributed by atoms with Crippen molar-refractivity contribution < 1.29 is 17.9 Å². The number of hydrogen-bond donors (Lipinski definition) is 0. The van der Waals surface area contributed by atoms with Gasteiger partial charge in [-0.1, -0.05) is 37.1 Å². The smallest absolute Gasteiger partial charge is 0.422 e. The van der Waals surface area contributed by atoms with Gasteiger partial charge in [-0.05, 0) is 24.1 Å². The first-order valence-corrected chi connectivity index (χ1v) is 6.56. The largest absolute Gasteiger partial charge is 0.482 e. The first-order chi connectivity index (χ1) is 9.40. The molecule has 0 aliphatic rings. The highest BCUT2D eigenvalue weighted by Gasteiger charge is 2.28. The van der Waals surface area contributed by atoms with Gasteiger partial charge >= 0.3 is 6.18 Å². The third kappa shape index (κ3) is 3.54. The van der Waals surface area contributed by atoms with Gasteiger partial charge < -0.3 is 4.74 Å². The maximum atomic E-state index is 12.2. The van der Waals surface area contributed by atoms with E-state index in [1.807, 2.05) is 13.0 Å². The number of rotatable bonds is 4. The van der Waals surface area contributed by atoms with Gasteiger partial charge in [0.2, 0.25) is 0 Å². The van der Waals surface area contributed by atoms with Crippen molar-refractivity contribution in [1.29, 1.82) is 0 Å². The van der Waals surface area contributed by atoms with Crippen LogP contribution < -0.4 is 4.74 Å². The number of benzene rings is 1. The molecule has 1 aromatic carbocycles. The molecule has 2 rings (SSSR count). The molecule has 0 fully saturated rings. The van der Waals surface area contributed by atoms with E-state index in [0.717, 1.165) is 23.8 Å². The number of para-hydroxylation sites is 1. The van der Waals surface area contributed by atoms with E-state index in [1.54, 1.807) is 12.1 Å². The molecule has 0 aliphatic carbocycles. The molecule has 0 aliphatic heterocycles. The predicted molar refractivity (Wildman–Crippen MR) is 72.3 cm³/mol. The van der Waals surface area contributed by atoms with Crippen LogP contribution in [-0.4, -0.2) is 17.8 Å². The molecule has 2 aromatic rings. The molecular formula is C14H13ClF3NO. The van der Waals surface area contributed by atoms with E-state index in [9.17, 15) is 13.2 Å². The molecule has 0 spiro atoms. The fourth-order valence-corrected chi connectivity index (χ4v) is 2.15. The first-order valence-electron chi connectivity index (χ1n) is 6.18. The predicted octanol–water partition coefficient (Wildman–Crippen LogP) is 4.78. The summed E-state index contributed by atoms with van der Waals surface area (Å²) >= 11 is 6.06. The highest BCUT2D eigenvalue weighted by molar-refractivity contribution is 6.30. The summed E-state index contributed by atoms with van der Waals surface area (Å²) in [6.45, 7) is 0.672. The fourth-order valence-electron chi connectivity index (χ4n) is 1.91. The van der Waals surface area contributed by atoms with Crippen molar-refractivity contribution in [2.75, 3.05) is 6.61 Å². The summed E-state index contributed by atoms with van der Waals surface area (Å²) in [7, 11) is 0. The number of aryl methyl sites for hydroxylation is 1. The molecule has 6 heteroatoms. The molecule has 0 radical (unpaired) electrons. The Labute approximate surface area is 119 Å². The van der Waals surface area contributed by atoms with Crippen LogP contribution in [0.1, 0.15) is 18.9 Å². The zero-order valence-corrected chi connectivity index (χ0v) is 11.6. The van der Waals surface area contributed by atoms with E-state index in [0.29, 0.717) is 10.7 Å². The summed E-state index contributed by atoms with van der Waals surface area (Å²) in [6.07, 6.45) is -2.69. The van der Waals surface area contributed by atoms with Gasteiger partial charge in [-0.25, -0.2) is 4.98 Å². The lowest BCUT2D eigenvalue weighted by Gasteiger charge is -2.12. The van der Waals surface area contributed by atoms with Crippen LogP contribution >= 0.6 is 11.6 Å². The van der Waals surface area contributed by atoms with Crippen molar-refractivity contribution in [3.8, 4) is 5.75 Å². The molecule has 0 unspecified atom stereocenters. The quantitative estimate of drug-likeness (QED) is 0.758. The lowest BCUT2D eigenvalue weighted by molar-refractivity contribution is -0.153. The summed E-state index contributed by atoms with van der Waals surface area (Å²) in [6, 6.07) is 6.71. The van der Waals surface area contributed by atoms with Gasteiger partial charge in [0.25, 0.3) is 0 Å². The molecule has 0 saturated carbocycles. The van der Waals surface area contributed by atoms with Crippen LogP contribution in [0, 0.1) is 0 Å². The topological polar surface area (TPSA) is 22.1 Å². The molecule has 108 valence electrons. The average Bonchev–Trinajstić information content (AvgIpc) is 2.37. The lowest BCUT2D eigenvalue weighted by Crippen LogP contribution is -2.19. The van der Waals surface area contributed by atoms with E-state index in [2.05, 4.69) is 4.98 Å². The van der Waals surface area contributed by atoms with Crippen molar-refractivity contribution in [2.45, 2.75) is 25.9 Å². The number of hydrogen-bond acceptors (Lipinski definition) is 2. The van der Waals surface area contributed by atoms with Gasteiger partial charge in [-0.2, -0.15) is 13.2 Å². The van der Waals surface area contributed by atoms with E-state index < -0.39 is 12.8 Å². The number of ether oxygens (including phenoxy) is 1. The van der Waals surface area contributed by atoms with Gasteiger partial charge in [0.05, 0.1) is 0 Å². The molecule has 0 bridgehead atoms. The van der Waals surface area contributed by atoms with E-state index >= 15 is 0 Å². The average molecular weight is 304 g/mol. The standard InChI is InChI=1S/C14H13ClF3NO/c1-2-4-10-7-9-5-3-6-11(12(9)19-13(10)15)20-8-14(16,17)18/h3,5-7H,2,4,8H2,1H3. The normalized spacial score (nSPS) is 11.8. The first kappa shape index (κ1) is 14.9. The summed E-state index contributed by atoms with van der Waals surface area (Å²) in [5.74, 6) is 0.0878. The van der Waals surface area contributed by atoms with E-state index in [1.165, 1.54) is 6.07 Å². The van der Waals surface area contributed by atoms with Crippen LogP contribution in [0.2, 0.25) is 5.15 Å². The summed E-state index contributed by atoms with van der Waals surface area (Å²) < 4.78 is 41.4. The number of fused-ring (bicyclic) bond motifs is 1. The van der Waals surface area contributed by atoms with Crippen molar-refractivity contribution in [3.05, 3.63) is 35.0 Å². The Kier molecular flexibility index (Phi) is 4.38.